The Labute approximate surface area is 207 Å². The minimum Gasteiger partial charge on any atom is -0.383 e. The SMILES string of the molecule is CCCN(C(=O)CSc1nc(C)c(C)c(C)c1C#N)c1c(N)n(Cc2ccccc2)c(=O)[nH]c1=O. The number of nitrogen functional groups attached to an aromatic ring is 1. The van der Waals surface area contributed by atoms with Gasteiger partial charge in [0, 0.05) is 12.2 Å². The van der Waals surface area contributed by atoms with Crippen LogP contribution >= 0.6 is 11.8 Å². The standard InChI is InChI=1S/C25H28N6O3S/c1-5-11-30(20(32)14-35-24-19(12-26)16(3)15(2)17(4)28-24)21-22(27)31(25(34)29-23(21)33)13-18-9-7-6-8-10-18/h6-10H,5,11,13-14,27H2,1-4H3,(H,29,33,34). The Balaban J connectivity index is 1.96. The van der Waals surface area contributed by atoms with Crippen LogP contribution in [0.2, 0.25) is 0 Å². The summed E-state index contributed by atoms with van der Waals surface area (Å²) < 4.78 is 1.25. The highest BCUT2D eigenvalue weighted by molar-refractivity contribution is 8.00. The van der Waals surface area contributed by atoms with Crippen LogP contribution in [0.25, 0.3) is 0 Å². The first-order valence-electron chi connectivity index (χ1n) is 11.2. The predicted molar refractivity (Wildman–Crippen MR) is 138 cm³/mol. The van der Waals surface area contributed by atoms with Crippen molar-refractivity contribution in [2.24, 2.45) is 0 Å². The molecule has 0 saturated heterocycles. The van der Waals surface area contributed by atoms with Crippen molar-refractivity contribution in [1.82, 2.24) is 14.5 Å². The highest BCUT2D eigenvalue weighted by atomic mass is 32.2. The molecule has 0 saturated carbocycles. The first-order valence-corrected chi connectivity index (χ1v) is 12.2. The maximum absolute atomic E-state index is 13.3. The lowest BCUT2D eigenvalue weighted by Gasteiger charge is -2.24. The molecular formula is C25H28N6O3S. The Morgan fingerprint density at radius 2 is 1.89 bits per heavy atom. The number of nitrogens with one attached hydrogen (secondary N) is 1. The molecule has 0 aliphatic rings. The average Bonchev–Trinajstić information content (AvgIpc) is 2.83. The first kappa shape index (κ1) is 25.8. The molecule has 10 heteroatoms. The van der Waals surface area contributed by atoms with Crippen molar-refractivity contribution in [2.75, 3.05) is 22.9 Å². The van der Waals surface area contributed by atoms with Crippen molar-refractivity contribution in [2.45, 2.75) is 45.7 Å². The molecule has 2 heterocycles. The normalized spacial score (nSPS) is 10.7. The lowest BCUT2D eigenvalue weighted by Crippen LogP contribution is -2.42. The summed E-state index contributed by atoms with van der Waals surface area (Å²) in [6, 6.07) is 11.4. The Morgan fingerprint density at radius 3 is 2.51 bits per heavy atom. The van der Waals surface area contributed by atoms with E-state index in [1.165, 1.54) is 9.47 Å². The van der Waals surface area contributed by atoms with Crippen LogP contribution in [0.3, 0.4) is 0 Å². The number of nitrogens with two attached hydrogens (primary N) is 1. The number of nitriles is 1. The Morgan fingerprint density at radius 1 is 1.20 bits per heavy atom. The molecule has 1 amide bonds. The van der Waals surface area contributed by atoms with Gasteiger partial charge in [-0.1, -0.05) is 49.0 Å². The van der Waals surface area contributed by atoms with Crippen LogP contribution in [-0.2, 0) is 11.3 Å². The molecule has 9 nitrogen and oxygen atoms in total. The summed E-state index contributed by atoms with van der Waals surface area (Å²) in [6.07, 6.45) is 0.567. The van der Waals surface area contributed by atoms with E-state index in [0.717, 1.165) is 34.1 Å². The van der Waals surface area contributed by atoms with Crippen molar-refractivity contribution in [1.29, 1.82) is 5.26 Å². The summed E-state index contributed by atoms with van der Waals surface area (Å²) in [5, 5.41) is 10.1. The third-order valence-corrected chi connectivity index (χ3v) is 6.78. The van der Waals surface area contributed by atoms with Gasteiger partial charge < -0.3 is 10.6 Å². The maximum Gasteiger partial charge on any atom is 0.330 e. The van der Waals surface area contributed by atoms with Gasteiger partial charge in [-0.05, 0) is 43.9 Å². The third-order valence-electron chi connectivity index (χ3n) is 5.82. The number of aryl methyl sites for hydroxylation is 1. The fourth-order valence-corrected chi connectivity index (χ4v) is 4.66. The molecule has 0 aliphatic heterocycles. The summed E-state index contributed by atoms with van der Waals surface area (Å²) >= 11 is 1.14. The Kier molecular flexibility index (Phi) is 8.14. The van der Waals surface area contributed by atoms with E-state index in [1.54, 1.807) is 0 Å². The van der Waals surface area contributed by atoms with Crippen LogP contribution in [0.1, 0.15) is 41.3 Å². The minimum atomic E-state index is -0.721. The summed E-state index contributed by atoms with van der Waals surface area (Å²) in [5.41, 5.74) is 8.68. The highest BCUT2D eigenvalue weighted by Crippen LogP contribution is 2.27. The molecular weight excluding hydrogens is 464 g/mol. The molecule has 3 rings (SSSR count). The predicted octanol–water partition coefficient (Wildman–Crippen LogP) is 2.89. The number of rotatable bonds is 8. The molecule has 35 heavy (non-hydrogen) atoms. The molecule has 3 N–H and O–H groups in total. The zero-order chi connectivity index (χ0) is 25.7. The molecule has 2 aromatic heterocycles. The number of benzene rings is 1. The van der Waals surface area contributed by atoms with Gasteiger partial charge in [0.2, 0.25) is 5.91 Å². The molecule has 0 bridgehead atoms. The van der Waals surface area contributed by atoms with Crippen molar-refractivity contribution < 1.29 is 4.79 Å². The van der Waals surface area contributed by atoms with Gasteiger partial charge in [0.05, 0.1) is 17.9 Å². The van der Waals surface area contributed by atoms with Crippen LogP contribution in [0.4, 0.5) is 11.5 Å². The van der Waals surface area contributed by atoms with Gasteiger partial charge in [0.15, 0.2) is 5.69 Å². The van der Waals surface area contributed by atoms with Crippen LogP contribution in [0.15, 0.2) is 44.9 Å². The number of thioether (sulfide) groups is 1. The number of pyridine rings is 1. The van der Waals surface area contributed by atoms with Crippen LogP contribution in [0.5, 0.6) is 0 Å². The molecule has 1 aromatic carbocycles. The van der Waals surface area contributed by atoms with Crippen molar-refractivity contribution in [3.8, 4) is 6.07 Å². The van der Waals surface area contributed by atoms with Gasteiger partial charge in [-0.25, -0.2) is 9.78 Å². The highest BCUT2D eigenvalue weighted by Gasteiger charge is 2.25. The summed E-state index contributed by atoms with van der Waals surface area (Å²) in [4.78, 5) is 46.7. The summed E-state index contributed by atoms with van der Waals surface area (Å²) in [6.45, 7) is 7.87. The van der Waals surface area contributed by atoms with Crippen LogP contribution in [-0.4, -0.2) is 32.7 Å². The van der Waals surface area contributed by atoms with E-state index in [4.69, 9.17) is 5.73 Å². The van der Waals surface area contributed by atoms with E-state index in [9.17, 15) is 19.6 Å². The second-order valence-corrected chi connectivity index (χ2v) is 9.10. The largest absolute Gasteiger partial charge is 0.383 e. The zero-order valence-corrected chi connectivity index (χ0v) is 21.0. The zero-order valence-electron chi connectivity index (χ0n) is 20.2. The van der Waals surface area contributed by atoms with Crippen molar-refractivity contribution in [3.05, 3.63) is 79.1 Å². The van der Waals surface area contributed by atoms with Crippen molar-refractivity contribution >= 4 is 29.2 Å². The van der Waals surface area contributed by atoms with Gasteiger partial charge in [-0.2, -0.15) is 5.26 Å². The van der Waals surface area contributed by atoms with E-state index < -0.39 is 11.2 Å². The van der Waals surface area contributed by atoms with E-state index in [-0.39, 0.29) is 36.3 Å². The number of hydrogen-bond donors (Lipinski definition) is 2. The van der Waals surface area contributed by atoms with Gasteiger partial charge in [-0.15, -0.1) is 0 Å². The van der Waals surface area contributed by atoms with Crippen molar-refractivity contribution in [3.63, 3.8) is 0 Å². The van der Waals surface area contributed by atoms with Crippen LogP contribution < -0.4 is 21.9 Å². The molecule has 0 atom stereocenters. The molecule has 0 unspecified atom stereocenters. The quantitative estimate of drug-likeness (QED) is 0.461. The second kappa shape index (κ2) is 11.1. The van der Waals surface area contributed by atoms with E-state index >= 15 is 0 Å². The lowest BCUT2D eigenvalue weighted by atomic mass is 10.1. The third kappa shape index (κ3) is 5.46. The molecule has 0 radical (unpaired) electrons. The monoisotopic (exact) mass is 492 g/mol. The molecule has 0 fully saturated rings. The van der Waals surface area contributed by atoms with E-state index in [2.05, 4.69) is 16.0 Å². The number of hydrogen-bond acceptors (Lipinski definition) is 7. The maximum atomic E-state index is 13.3. The average molecular weight is 493 g/mol. The molecule has 0 spiro atoms. The Hall–Kier alpha value is -3.84. The number of nitrogens with zero attached hydrogens (tertiary/aromatic N) is 4. The lowest BCUT2D eigenvalue weighted by molar-refractivity contribution is -0.116. The van der Waals surface area contributed by atoms with Gasteiger partial charge in [-0.3, -0.25) is 19.1 Å². The van der Waals surface area contributed by atoms with Gasteiger partial charge in [0.25, 0.3) is 5.56 Å². The molecule has 3 aromatic rings. The smallest absolute Gasteiger partial charge is 0.330 e. The number of carbonyl (C=O) groups excluding carboxylic acids is 1. The minimum absolute atomic E-state index is 0.0552. The fourth-order valence-electron chi connectivity index (χ4n) is 3.70. The number of carbonyl (C=O) groups is 1. The van der Waals surface area contributed by atoms with E-state index in [1.807, 2.05) is 58.0 Å². The number of anilines is 2. The summed E-state index contributed by atoms with van der Waals surface area (Å²) in [7, 11) is 0. The number of H-pyrrole nitrogens is 1. The molecule has 182 valence electrons. The topological polar surface area (TPSA) is 138 Å². The van der Waals surface area contributed by atoms with Gasteiger partial charge in [0.1, 0.15) is 16.9 Å². The second-order valence-electron chi connectivity index (χ2n) is 8.14. The van der Waals surface area contributed by atoms with Crippen LogP contribution in [0, 0.1) is 32.1 Å². The summed E-state index contributed by atoms with van der Waals surface area (Å²) in [5.74, 6) is -0.506. The Bertz CT molecular complexity index is 1410. The number of amides is 1. The molecule has 0 aliphatic carbocycles. The fraction of sp³-hybridized carbons (Fsp3) is 0.320. The van der Waals surface area contributed by atoms with E-state index in [0.29, 0.717) is 17.0 Å². The number of aromatic nitrogens is 3. The first-order chi connectivity index (χ1) is 16.7. The number of aromatic amines is 1. The van der Waals surface area contributed by atoms with Gasteiger partial charge >= 0.3 is 5.69 Å².